The molecule has 1 unspecified atom stereocenters. The highest BCUT2D eigenvalue weighted by atomic mass is 16.3. The zero-order chi connectivity index (χ0) is 17.3. The van der Waals surface area contributed by atoms with Crippen LogP contribution in [0.25, 0.3) is 0 Å². The molecule has 0 aromatic rings. The highest BCUT2D eigenvalue weighted by Gasteiger charge is 2.18. The van der Waals surface area contributed by atoms with Crippen molar-refractivity contribution in [1.29, 1.82) is 0 Å². The van der Waals surface area contributed by atoms with E-state index in [1.807, 2.05) is 0 Å². The summed E-state index contributed by atoms with van der Waals surface area (Å²) >= 11 is 0. The van der Waals surface area contributed by atoms with Crippen LogP contribution in [0.2, 0.25) is 0 Å². The first kappa shape index (κ1) is 21.9. The molecule has 0 saturated heterocycles. The summed E-state index contributed by atoms with van der Waals surface area (Å²) in [5.41, 5.74) is 0. The third-order valence-corrected chi connectivity index (χ3v) is 3.98. The van der Waals surface area contributed by atoms with Gasteiger partial charge in [0.25, 0.3) is 0 Å². The van der Waals surface area contributed by atoms with Crippen molar-refractivity contribution in [3.05, 3.63) is 0 Å². The molecule has 23 heavy (non-hydrogen) atoms. The standard InChI is InChI=1S/C18H36N2O3/c1-3-5-6-7-8-9-10-11-12-13-14-19-18(23)16(15-21)20-17(22)4-2/h16,21H,3-15H2,1-2H3,(H,19,23)(H,20,22). The van der Waals surface area contributed by atoms with Crippen molar-refractivity contribution in [2.24, 2.45) is 0 Å². The fourth-order valence-corrected chi connectivity index (χ4v) is 2.44. The topological polar surface area (TPSA) is 78.4 Å². The quantitative estimate of drug-likeness (QED) is 0.404. The minimum absolute atomic E-state index is 0.224. The fourth-order valence-electron chi connectivity index (χ4n) is 2.44. The van der Waals surface area contributed by atoms with Crippen molar-refractivity contribution in [3.63, 3.8) is 0 Å². The summed E-state index contributed by atoms with van der Waals surface area (Å²) in [5, 5.41) is 14.4. The summed E-state index contributed by atoms with van der Waals surface area (Å²) < 4.78 is 0. The lowest BCUT2D eigenvalue weighted by Crippen LogP contribution is -2.48. The van der Waals surface area contributed by atoms with E-state index < -0.39 is 6.04 Å². The Balaban J connectivity index is 3.49. The van der Waals surface area contributed by atoms with Crippen LogP contribution < -0.4 is 10.6 Å². The molecule has 0 aliphatic heterocycles. The van der Waals surface area contributed by atoms with E-state index in [9.17, 15) is 9.59 Å². The number of hydrogen-bond acceptors (Lipinski definition) is 3. The molecule has 0 heterocycles. The second-order valence-corrected chi connectivity index (χ2v) is 6.13. The molecule has 0 aromatic carbocycles. The number of nitrogens with one attached hydrogen (secondary N) is 2. The maximum Gasteiger partial charge on any atom is 0.244 e. The van der Waals surface area contributed by atoms with Gasteiger partial charge in [-0.05, 0) is 6.42 Å². The molecule has 0 bridgehead atoms. The second kappa shape index (κ2) is 15.8. The SMILES string of the molecule is CCCCCCCCCCCCNC(=O)C(CO)NC(=O)CC. The Bertz CT molecular complexity index is 309. The largest absolute Gasteiger partial charge is 0.394 e. The summed E-state index contributed by atoms with van der Waals surface area (Å²) in [5.74, 6) is -0.525. The van der Waals surface area contributed by atoms with E-state index in [0.717, 1.165) is 12.8 Å². The van der Waals surface area contributed by atoms with Crippen LogP contribution in [0.1, 0.15) is 84.5 Å². The van der Waals surface area contributed by atoms with E-state index in [1.165, 1.54) is 51.4 Å². The molecule has 0 aliphatic rings. The summed E-state index contributed by atoms with van der Waals surface area (Å²) in [6.07, 6.45) is 12.9. The number of aliphatic hydroxyl groups excluding tert-OH is 1. The summed E-state index contributed by atoms with van der Waals surface area (Å²) in [7, 11) is 0. The second-order valence-electron chi connectivity index (χ2n) is 6.13. The maximum absolute atomic E-state index is 11.8. The number of carbonyl (C=O) groups is 2. The first-order chi connectivity index (χ1) is 11.2. The van der Waals surface area contributed by atoms with Crippen LogP contribution in [-0.4, -0.2) is 36.1 Å². The predicted octanol–water partition coefficient (Wildman–Crippen LogP) is 2.91. The normalized spacial score (nSPS) is 12.0. The predicted molar refractivity (Wildman–Crippen MR) is 94.2 cm³/mol. The highest BCUT2D eigenvalue weighted by molar-refractivity contribution is 5.87. The van der Waals surface area contributed by atoms with E-state index in [4.69, 9.17) is 5.11 Å². The third kappa shape index (κ3) is 13.1. The molecule has 0 spiro atoms. The summed E-state index contributed by atoms with van der Waals surface area (Å²) in [4.78, 5) is 23.0. The van der Waals surface area contributed by atoms with Gasteiger partial charge in [-0.15, -0.1) is 0 Å². The molecule has 0 radical (unpaired) electrons. The average Bonchev–Trinajstić information content (AvgIpc) is 2.56. The molecule has 0 saturated carbocycles. The van der Waals surface area contributed by atoms with Gasteiger partial charge in [0.15, 0.2) is 0 Å². The number of hydrogen-bond donors (Lipinski definition) is 3. The number of rotatable bonds is 15. The third-order valence-electron chi connectivity index (χ3n) is 3.98. The molecule has 5 nitrogen and oxygen atoms in total. The zero-order valence-corrected chi connectivity index (χ0v) is 15.0. The Morgan fingerprint density at radius 1 is 0.870 bits per heavy atom. The number of unbranched alkanes of at least 4 members (excludes halogenated alkanes) is 9. The van der Waals surface area contributed by atoms with Crippen LogP contribution in [0, 0.1) is 0 Å². The number of aliphatic hydroxyl groups is 1. The Kier molecular flexibility index (Phi) is 15.0. The van der Waals surface area contributed by atoms with Crippen molar-refractivity contribution in [3.8, 4) is 0 Å². The van der Waals surface area contributed by atoms with Crippen LogP contribution in [0.3, 0.4) is 0 Å². The van der Waals surface area contributed by atoms with Crippen molar-refractivity contribution in [2.75, 3.05) is 13.2 Å². The van der Waals surface area contributed by atoms with Gasteiger partial charge in [-0.3, -0.25) is 9.59 Å². The molecule has 0 aliphatic carbocycles. The molecule has 2 amide bonds. The van der Waals surface area contributed by atoms with Gasteiger partial charge in [0.2, 0.25) is 11.8 Å². The molecule has 5 heteroatoms. The van der Waals surface area contributed by atoms with E-state index >= 15 is 0 Å². The van der Waals surface area contributed by atoms with Gasteiger partial charge in [-0.2, -0.15) is 0 Å². The molecular formula is C18H36N2O3. The van der Waals surface area contributed by atoms with Crippen molar-refractivity contribution < 1.29 is 14.7 Å². The minimum atomic E-state index is -0.828. The van der Waals surface area contributed by atoms with Crippen LogP contribution in [0.5, 0.6) is 0 Å². The van der Waals surface area contributed by atoms with Crippen molar-refractivity contribution in [1.82, 2.24) is 10.6 Å². The monoisotopic (exact) mass is 328 g/mol. The first-order valence-corrected chi connectivity index (χ1v) is 9.33. The van der Waals surface area contributed by atoms with Gasteiger partial charge in [-0.1, -0.05) is 71.6 Å². The Morgan fingerprint density at radius 2 is 1.39 bits per heavy atom. The van der Waals surface area contributed by atoms with Crippen molar-refractivity contribution >= 4 is 11.8 Å². The molecule has 0 fully saturated rings. The molecule has 1 atom stereocenters. The lowest BCUT2D eigenvalue weighted by Gasteiger charge is -2.15. The van der Waals surface area contributed by atoms with Gasteiger partial charge in [0, 0.05) is 13.0 Å². The smallest absolute Gasteiger partial charge is 0.244 e. The van der Waals surface area contributed by atoms with Crippen LogP contribution in [0.15, 0.2) is 0 Å². The molecule has 136 valence electrons. The molecule has 3 N–H and O–H groups in total. The molecule has 0 rings (SSSR count). The van der Waals surface area contributed by atoms with Crippen molar-refractivity contribution in [2.45, 2.75) is 90.5 Å². The van der Waals surface area contributed by atoms with Crippen LogP contribution in [0.4, 0.5) is 0 Å². The van der Waals surface area contributed by atoms with E-state index in [-0.39, 0.29) is 18.4 Å². The lowest BCUT2D eigenvalue weighted by molar-refractivity contribution is -0.129. The number of amides is 2. The Labute approximate surface area is 141 Å². The first-order valence-electron chi connectivity index (χ1n) is 9.33. The summed E-state index contributed by atoms with van der Waals surface area (Å²) in [6, 6.07) is -0.828. The van der Waals surface area contributed by atoms with Crippen LogP contribution >= 0.6 is 0 Å². The maximum atomic E-state index is 11.8. The average molecular weight is 328 g/mol. The number of carbonyl (C=O) groups excluding carboxylic acids is 2. The Morgan fingerprint density at radius 3 is 1.87 bits per heavy atom. The minimum Gasteiger partial charge on any atom is -0.394 e. The van der Waals surface area contributed by atoms with Crippen LogP contribution in [-0.2, 0) is 9.59 Å². The van der Waals surface area contributed by atoms with Gasteiger partial charge in [0.05, 0.1) is 6.61 Å². The zero-order valence-electron chi connectivity index (χ0n) is 15.0. The molecular weight excluding hydrogens is 292 g/mol. The summed E-state index contributed by atoms with van der Waals surface area (Å²) in [6.45, 7) is 4.19. The highest BCUT2D eigenvalue weighted by Crippen LogP contribution is 2.10. The van der Waals surface area contributed by atoms with E-state index in [2.05, 4.69) is 17.6 Å². The van der Waals surface area contributed by atoms with E-state index in [1.54, 1.807) is 6.92 Å². The van der Waals surface area contributed by atoms with Gasteiger partial charge < -0.3 is 15.7 Å². The van der Waals surface area contributed by atoms with E-state index in [0.29, 0.717) is 13.0 Å². The Hall–Kier alpha value is -1.10. The lowest BCUT2D eigenvalue weighted by atomic mass is 10.1. The molecule has 0 aromatic heterocycles. The van der Waals surface area contributed by atoms with Gasteiger partial charge >= 0.3 is 0 Å². The van der Waals surface area contributed by atoms with Gasteiger partial charge in [-0.25, -0.2) is 0 Å². The fraction of sp³-hybridized carbons (Fsp3) is 0.889. The van der Waals surface area contributed by atoms with Gasteiger partial charge in [0.1, 0.15) is 6.04 Å².